The van der Waals surface area contributed by atoms with Crippen LogP contribution in [0, 0.1) is 5.92 Å². The van der Waals surface area contributed by atoms with Gasteiger partial charge in [-0.25, -0.2) is 4.99 Å². The van der Waals surface area contributed by atoms with Crippen molar-refractivity contribution in [3.8, 4) is 11.5 Å². The second kappa shape index (κ2) is 8.50. The summed E-state index contributed by atoms with van der Waals surface area (Å²) in [6, 6.07) is 16.0. The van der Waals surface area contributed by atoms with E-state index in [0.29, 0.717) is 12.3 Å². The molecule has 0 spiro atoms. The van der Waals surface area contributed by atoms with Gasteiger partial charge >= 0.3 is 0 Å². The topological polar surface area (TPSA) is 45.1 Å². The summed E-state index contributed by atoms with van der Waals surface area (Å²) in [7, 11) is 0. The summed E-state index contributed by atoms with van der Waals surface area (Å²) in [4.78, 5) is 22.0. The van der Waals surface area contributed by atoms with Crippen LogP contribution in [-0.4, -0.2) is 47.7 Å². The number of nitrogens with zero attached hydrogens (tertiary/aromatic N) is 3. The standard InChI is InChI=1S/C25H29N3O2/c29-24(14-13-19-7-1-2-8-19)27-15-17-28(18-16-27)25-20-9-3-5-11-22(20)30-23-12-6-4-10-21(23)26-25/h3-6,9-12,19H,1-2,7-8,13-18H2. The number of carbonyl (C=O) groups is 1. The Hall–Kier alpha value is -2.82. The third-order valence-corrected chi connectivity index (χ3v) is 6.61. The fourth-order valence-corrected chi connectivity index (χ4v) is 4.86. The zero-order chi connectivity index (χ0) is 20.3. The highest BCUT2D eigenvalue weighted by molar-refractivity contribution is 6.03. The molecule has 0 atom stereocenters. The van der Waals surface area contributed by atoms with Gasteiger partial charge in [0.15, 0.2) is 5.75 Å². The van der Waals surface area contributed by atoms with Gasteiger partial charge in [-0.15, -0.1) is 0 Å². The third-order valence-electron chi connectivity index (χ3n) is 6.61. The number of piperazine rings is 1. The van der Waals surface area contributed by atoms with E-state index in [1.807, 2.05) is 47.4 Å². The molecule has 5 nitrogen and oxygen atoms in total. The SMILES string of the molecule is O=C(CCC1CCCC1)N1CCN(C2=Nc3ccccc3Oc3ccccc32)CC1. The summed E-state index contributed by atoms with van der Waals surface area (Å²) >= 11 is 0. The van der Waals surface area contributed by atoms with Crippen molar-refractivity contribution < 1.29 is 9.53 Å². The molecule has 0 radical (unpaired) electrons. The van der Waals surface area contributed by atoms with Crippen molar-refractivity contribution >= 4 is 17.4 Å². The highest BCUT2D eigenvalue weighted by Gasteiger charge is 2.27. The van der Waals surface area contributed by atoms with Crippen LogP contribution in [-0.2, 0) is 4.79 Å². The van der Waals surface area contributed by atoms with Crippen LogP contribution in [0.3, 0.4) is 0 Å². The number of amidine groups is 1. The van der Waals surface area contributed by atoms with Crippen molar-refractivity contribution in [2.24, 2.45) is 10.9 Å². The van der Waals surface area contributed by atoms with Crippen molar-refractivity contribution in [2.45, 2.75) is 38.5 Å². The van der Waals surface area contributed by atoms with Gasteiger partial charge in [-0.05, 0) is 36.6 Å². The average molecular weight is 404 g/mol. The normalized spacial score (nSPS) is 18.9. The number of rotatable bonds is 3. The minimum Gasteiger partial charge on any atom is -0.454 e. The van der Waals surface area contributed by atoms with Crippen molar-refractivity contribution in [3.05, 3.63) is 54.1 Å². The molecule has 0 aromatic heterocycles. The molecule has 2 aromatic carbocycles. The van der Waals surface area contributed by atoms with Crippen LogP contribution in [0.5, 0.6) is 11.5 Å². The van der Waals surface area contributed by atoms with Gasteiger partial charge in [-0.2, -0.15) is 0 Å². The molecular weight excluding hydrogens is 374 g/mol. The minimum atomic E-state index is 0.318. The third kappa shape index (κ3) is 3.93. The number of carbonyl (C=O) groups excluding carboxylic acids is 1. The zero-order valence-corrected chi connectivity index (χ0v) is 17.4. The molecule has 1 aliphatic carbocycles. The van der Waals surface area contributed by atoms with Gasteiger partial charge in [0.2, 0.25) is 5.91 Å². The minimum absolute atomic E-state index is 0.318. The van der Waals surface area contributed by atoms with E-state index in [4.69, 9.17) is 9.73 Å². The first kappa shape index (κ1) is 19.2. The molecule has 156 valence electrons. The van der Waals surface area contributed by atoms with Gasteiger partial charge in [-0.3, -0.25) is 4.79 Å². The van der Waals surface area contributed by atoms with E-state index >= 15 is 0 Å². The molecule has 1 saturated carbocycles. The number of para-hydroxylation sites is 3. The van der Waals surface area contributed by atoms with Gasteiger partial charge in [0.25, 0.3) is 0 Å². The first-order valence-electron chi connectivity index (χ1n) is 11.3. The molecule has 0 bridgehead atoms. The lowest BCUT2D eigenvalue weighted by molar-refractivity contribution is -0.132. The van der Waals surface area contributed by atoms with Crippen molar-refractivity contribution in [2.75, 3.05) is 26.2 Å². The van der Waals surface area contributed by atoms with E-state index in [9.17, 15) is 4.79 Å². The monoisotopic (exact) mass is 403 g/mol. The number of benzene rings is 2. The molecule has 5 rings (SSSR count). The second-order valence-electron chi connectivity index (χ2n) is 8.56. The number of fused-ring (bicyclic) bond motifs is 2. The molecule has 0 unspecified atom stereocenters. The predicted octanol–water partition coefficient (Wildman–Crippen LogP) is 4.99. The summed E-state index contributed by atoms with van der Waals surface area (Å²) in [5.41, 5.74) is 1.86. The Morgan fingerprint density at radius 3 is 2.43 bits per heavy atom. The lowest BCUT2D eigenvalue weighted by atomic mass is 10.0. The largest absolute Gasteiger partial charge is 0.454 e. The second-order valence-corrected chi connectivity index (χ2v) is 8.56. The first-order valence-corrected chi connectivity index (χ1v) is 11.3. The molecule has 2 aliphatic heterocycles. The molecular formula is C25H29N3O2. The maximum atomic E-state index is 12.7. The molecule has 30 heavy (non-hydrogen) atoms. The van der Waals surface area contributed by atoms with Crippen LogP contribution in [0.2, 0.25) is 0 Å². The Morgan fingerprint density at radius 1 is 0.933 bits per heavy atom. The van der Waals surface area contributed by atoms with Gasteiger partial charge in [0.1, 0.15) is 17.3 Å². The summed E-state index contributed by atoms with van der Waals surface area (Å²) in [6.07, 6.45) is 7.07. The lowest BCUT2D eigenvalue weighted by Gasteiger charge is -2.36. The number of hydrogen-bond donors (Lipinski definition) is 0. The van der Waals surface area contributed by atoms with Crippen LogP contribution in [0.4, 0.5) is 5.69 Å². The zero-order valence-electron chi connectivity index (χ0n) is 17.4. The van der Waals surface area contributed by atoms with Gasteiger partial charge < -0.3 is 14.5 Å². The lowest BCUT2D eigenvalue weighted by Crippen LogP contribution is -2.50. The first-order chi connectivity index (χ1) is 14.8. The highest BCUT2D eigenvalue weighted by atomic mass is 16.5. The van der Waals surface area contributed by atoms with Crippen LogP contribution in [0.15, 0.2) is 53.5 Å². The summed E-state index contributed by atoms with van der Waals surface area (Å²) < 4.78 is 6.16. The van der Waals surface area contributed by atoms with Crippen molar-refractivity contribution in [1.82, 2.24) is 9.80 Å². The highest BCUT2D eigenvalue weighted by Crippen LogP contribution is 2.38. The molecule has 2 heterocycles. The fourth-order valence-electron chi connectivity index (χ4n) is 4.86. The maximum absolute atomic E-state index is 12.7. The average Bonchev–Trinajstić information content (AvgIpc) is 3.25. The molecule has 1 saturated heterocycles. The van der Waals surface area contributed by atoms with Crippen LogP contribution in [0.25, 0.3) is 0 Å². The molecule has 3 aliphatic rings. The molecule has 5 heteroatoms. The van der Waals surface area contributed by atoms with Crippen LogP contribution < -0.4 is 4.74 Å². The Bertz CT molecular complexity index is 941. The molecule has 2 aromatic rings. The summed E-state index contributed by atoms with van der Waals surface area (Å²) in [6.45, 7) is 3.11. The number of aliphatic imine (C=N–C) groups is 1. The maximum Gasteiger partial charge on any atom is 0.222 e. The predicted molar refractivity (Wildman–Crippen MR) is 119 cm³/mol. The van der Waals surface area contributed by atoms with E-state index < -0.39 is 0 Å². The van der Waals surface area contributed by atoms with Gasteiger partial charge in [-0.1, -0.05) is 49.9 Å². The Morgan fingerprint density at radius 2 is 1.63 bits per heavy atom. The number of amides is 1. The fraction of sp³-hybridized carbons (Fsp3) is 0.440. The summed E-state index contributed by atoms with van der Waals surface area (Å²) in [5, 5.41) is 0. The van der Waals surface area contributed by atoms with E-state index in [-0.39, 0.29) is 0 Å². The Kier molecular flexibility index (Phi) is 5.43. The van der Waals surface area contributed by atoms with E-state index in [2.05, 4.69) is 11.0 Å². The van der Waals surface area contributed by atoms with E-state index in [1.54, 1.807) is 0 Å². The molecule has 0 N–H and O–H groups in total. The van der Waals surface area contributed by atoms with E-state index in [1.165, 1.54) is 25.7 Å². The number of ether oxygens (including phenoxy) is 1. The number of hydrogen-bond acceptors (Lipinski definition) is 4. The molecule has 2 fully saturated rings. The smallest absolute Gasteiger partial charge is 0.222 e. The van der Waals surface area contributed by atoms with Gasteiger partial charge in [0.05, 0.1) is 5.56 Å². The van der Waals surface area contributed by atoms with Crippen LogP contribution in [0.1, 0.15) is 44.1 Å². The van der Waals surface area contributed by atoms with E-state index in [0.717, 1.165) is 67.1 Å². The van der Waals surface area contributed by atoms with Gasteiger partial charge in [0, 0.05) is 32.6 Å². The molecule has 1 amide bonds. The Labute approximate surface area is 178 Å². The van der Waals surface area contributed by atoms with Crippen LogP contribution >= 0.6 is 0 Å². The Balaban J connectivity index is 1.29. The quantitative estimate of drug-likeness (QED) is 0.726. The summed E-state index contributed by atoms with van der Waals surface area (Å²) in [5.74, 6) is 3.64. The van der Waals surface area contributed by atoms with Crippen molar-refractivity contribution in [3.63, 3.8) is 0 Å². The van der Waals surface area contributed by atoms with Crippen molar-refractivity contribution in [1.29, 1.82) is 0 Å².